The van der Waals surface area contributed by atoms with Gasteiger partial charge in [0, 0.05) is 22.3 Å². The van der Waals surface area contributed by atoms with Gasteiger partial charge in [0.05, 0.1) is 30.1 Å². The number of rotatable bonds is 5. The van der Waals surface area contributed by atoms with Crippen LogP contribution >= 0.6 is 11.6 Å². The molecule has 1 aromatic heterocycles. The molecule has 30 heavy (non-hydrogen) atoms. The van der Waals surface area contributed by atoms with Gasteiger partial charge in [0.15, 0.2) is 0 Å². The number of nitriles is 1. The monoisotopic (exact) mass is 411 g/mol. The highest BCUT2D eigenvalue weighted by atomic mass is 35.5. The minimum Gasteiger partial charge on any atom is -0.497 e. The van der Waals surface area contributed by atoms with Gasteiger partial charge in [-0.25, -0.2) is 4.68 Å². The molecular weight excluding hydrogens is 394 g/mol. The Morgan fingerprint density at radius 2 is 1.70 bits per heavy atom. The predicted molar refractivity (Wildman–Crippen MR) is 120 cm³/mol. The van der Waals surface area contributed by atoms with Gasteiger partial charge < -0.3 is 4.74 Å². The number of hydrogen-bond donors (Lipinski definition) is 0. The Bertz CT molecular complexity index is 1220. The Balaban J connectivity index is 1.85. The summed E-state index contributed by atoms with van der Waals surface area (Å²) in [5.41, 5.74) is 4.84. The topological polar surface area (TPSA) is 50.8 Å². The van der Waals surface area contributed by atoms with Crippen LogP contribution in [0.25, 0.3) is 28.6 Å². The third-order valence-corrected chi connectivity index (χ3v) is 4.95. The minimum atomic E-state index is 0.536. The van der Waals surface area contributed by atoms with Crippen LogP contribution in [0, 0.1) is 11.3 Å². The third kappa shape index (κ3) is 4.12. The fourth-order valence-electron chi connectivity index (χ4n) is 3.14. The van der Waals surface area contributed by atoms with E-state index in [9.17, 15) is 5.26 Å². The van der Waals surface area contributed by atoms with Crippen molar-refractivity contribution in [1.29, 1.82) is 5.26 Å². The Kier molecular flexibility index (Phi) is 5.65. The highest BCUT2D eigenvalue weighted by molar-refractivity contribution is 6.30. The number of ether oxygens (including phenoxy) is 1. The van der Waals surface area contributed by atoms with Gasteiger partial charge in [-0.05, 0) is 60.2 Å². The van der Waals surface area contributed by atoms with E-state index in [1.54, 1.807) is 19.2 Å². The van der Waals surface area contributed by atoms with Gasteiger partial charge in [-0.15, -0.1) is 0 Å². The summed E-state index contributed by atoms with van der Waals surface area (Å²) < 4.78 is 7.09. The summed E-state index contributed by atoms with van der Waals surface area (Å²) in [5, 5.41) is 15.2. The van der Waals surface area contributed by atoms with Crippen LogP contribution in [0.2, 0.25) is 5.02 Å². The van der Waals surface area contributed by atoms with Gasteiger partial charge in [-0.3, -0.25) is 0 Å². The number of allylic oxidation sites excluding steroid dienone is 1. The molecule has 0 spiro atoms. The maximum atomic E-state index is 9.77. The van der Waals surface area contributed by atoms with Crippen molar-refractivity contribution >= 4 is 23.3 Å². The van der Waals surface area contributed by atoms with Crippen molar-refractivity contribution in [1.82, 2.24) is 9.78 Å². The van der Waals surface area contributed by atoms with Crippen molar-refractivity contribution in [2.24, 2.45) is 0 Å². The molecule has 0 radical (unpaired) electrons. The molecule has 0 N–H and O–H groups in total. The molecule has 0 saturated heterocycles. The molecule has 0 aliphatic rings. The molecule has 3 aromatic carbocycles. The predicted octanol–water partition coefficient (Wildman–Crippen LogP) is 6.27. The summed E-state index contributed by atoms with van der Waals surface area (Å²) in [6.07, 6.45) is 3.79. The lowest BCUT2D eigenvalue weighted by Crippen LogP contribution is -1.94. The van der Waals surface area contributed by atoms with E-state index in [2.05, 4.69) is 6.07 Å². The smallest absolute Gasteiger partial charge is 0.118 e. The van der Waals surface area contributed by atoms with Gasteiger partial charge in [0.2, 0.25) is 0 Å². The third-order valence-electron chi connectivity index (χ3n) is 4.70. The molecule has 0 aliphatic heterocycles. The van der Waals surface area contributed by atoms with Crippen molar-refractivity contribution in [3.8, 4) is 28.8 Å². The number of benzene rings is 3. The van der Waals surface area contributed by atoms with Crippen molar-refractivity contribution in [3.05, 3.63) is 101 Å². The Morgan fingerprint density at radius 3 is 2.33 bits per heavy atom. The van der Waals surface area contributed by atoms with Gasteiger partial charge in [-0.1, -0.05) is 41.9 Å². The van der Waals surface area contributed by atoms with Crippen LogP contribution in [-0.4, -0.2) is 16.9 Å². The Hall–Kier alpha value is -3.81. The van der Waals surface area contributed by atoms with E-state index < -0.39 is 0 Å². The molecule has 0 aliphatic carbocycles. The Labute approximate surface area is 180 Å². The van der Waals surface area contributed by atoms with Crippen molar-refractivity contribution < 1.29 is 4.74 Å². The first-order valence-electron chi connectivity index (χ1n) is 9.35. The highest BCUT2D eigenvalue weighted by Gasteiger charge is 2.13. The molecule has 1 heterocycles. The molecular formula is C25H18ClN3O. The first kappa shape index (κ1) is 19.5. The highest BCUT2D eigenvalue weighted by Crippen LogP contribution is 2.29. The maximum absolute atomic E-state index is 9.77. The average molecular weight is 412 g/mol. The number of aromatic nitrogens is 2. The fourth-order valence-corrected chi connectivity index (χ4v) is 3.27. The molecule has 0 fully saturated rings. The summed E-state index contributed by atoms with van der Waals surface area (Å²) in [6.45, 7) is 0. The number of methoxy groups -OCH3 is 1. The zero-order valence-corrected chi connectivity index (χ0v) is 17.0. The van der Waals surface area contributed by atoms with Crippen LogP contribution in [0.5, 0.6) is 5.75 Å². The van der Waals surface area contributed by atoms with E-state index in [0.29, 0.717) is 10.6 Å². The van der Waals surface area contributed by atoms with E-state index in [-0.39, 0.29) is 0 Å². The normalized spacial score (nSPS) is 11.2. The lowest BCUT2D eigenvalue weighted by Gasteiger charge is -2.03. The summed E-state index contributed by atoms with van der Waals surface area (Å²) in [6, 6.07) is 27.1. The van der Waals surface area contributed by atoms with Crippen molar-refractivity contribution in [2.75, 3.05) is 7.11 Å². The molecule has 0 atom stereocenters. The quantitative estimate of drug-likeness (QED) is 0.364. The molecule has 5 heteroatoms. The van der Waals surface area contributed by atoms with Crippen LogP contribution < -0.4 is 4.74 Å². The lowest BCUT2D eigenvalue weighted by atomic mass is 10.0. The second-order valence-electron chi connectivity index (χ2n) is 6.62. The number of nitrogens with zero attached hydrogens (tertiary/aromatic N) is 3. The van der Waals surface area contributed by atoms with Crippen LogP contribution in [-0.2, 0) is 0 Å². The molecule has 4 rings (SSSR count). The summed E-state index contributed by atoms with van der Waals surface area (Å²) in [5.74, 6) is 0.775. The lowest BCUT2D eigenvalue weighted by molar-refractivity contribution is 0.415. The molecule has 0 bridgehead atoms. The van der Waals surface area contributed by atoms with Gasteiger partial charge in [0.25, 0.3) is 0 Å². The molecule has 146 valence electrons. The van der Waals surface area contributed by atoms with Gasteiger partial charge in [-0.2, -0.15) is 10.4 Å². The second kappa shape index (κ2) is 8.69. The summed E-state index contributed by atoms with van der Waals surface area (Å²) in [7, 11) is 1.64. The molecule has 0 unspecified atom stereocenters. The van der Waals surface area contributed by atoms with E-state index in [0.717, 1.165) is 33.8 Å². The summed E-state index contributed by atoms with van der Waals surface area (Å²) >= 11 is 5.99. The minimum absolute atomic E-state index is 0.536. The van der Waals surface area contributed by atoms with Crippen LogP contribution in [0.3, 0.4) is 0 Å². The first-order valence-corrected chi connectivity index (χ1v) is 9.73. The van der Waals surface area contributed by atoms with Gasteiger partial charge in [0.1, 0.15) is 5.75 Å². The first-order chi connectivity index (χ1) is 14.7. The number of para-hydroxylation sites is 1. The largest absolute Gasteiger partial charge is 0.497 e. The Morgan fingerprint density at radius 1 is 1.00 bits per heavy atom. The number of halogens is 1. The van der Waals surface area contributed by atoms with E-state index in [4.69, 9.17) is 21.4 Å². The van der Waals surface area contributed by atoms with Gasteiger partial charge >= 0.3 is 0 Å². The molecule has 4 aromatic rings. The zero-order valence-electron chi connectivity index (χ0n) is 16.3. The number of hydrogen-bond acceptors (Lipinski definition) is 3. The van der Waals surface area contributed by atoms with E-state index >= 15 is 0 Å². The fraction of sp³-hybridized carbons (Fsp3) is 0.0400. The zero-order chi connectivity index (χ0) is 20.9. The van der Waals surface area contributed by atoms with Crippen molar-refractivity contribution in [3.63, 3.8) is 0 Å². The van der Waals surface area contributed by atoms with Crippen LogP contribution in [0.4, 0.5) is 0 Å². The molecule has 0 saturated carbocycles. The van der Waals surface area contributed by atoms with E-state index in [1.165, 1.54) is 0 Å². The standard InChI is InChI=1S/C25H18ClN3O/c1-30-24-13-9-19(10-14-24)25-21(17-29(28-25)23-5-3-2-4-6-23)15-20(16-27)18-7-11-22(26)12-8-18/h2-15,17H,1H3. The molecule has 4 nitrogen and oxygen atoms in total. The SMILES string of the molecule is COc1ccc(-c2nn(-c3ccccc3)cc2C=C(C#N)c2ccc(Cl)cc2)cc1. The van der Waals surface area contributed by atoms with Crippen LogP contribution in [0.15, 0.2) is 85.1 Å². The second-order valence-corrected chi connectivity index (χ2v) is 7.05. The average Bonchev–Trinajstić information content (AvgIpc) is 3.22. The summed E-state index contributed by atoms with van der Waals surface area (Å²) in [4.78, 5) is 0. The van der Waals surface area contributed by atoms with Crippen molar-refractivity contribution in [2.45, 2.75) is 0 Å². The molecule has 0 amide bonds. The van der Waals surface area contributed by atoms with E-state index in [1.807, 2.05) is 83.7 Å². The maximum Gasteiger partial charge on any atom is 0.118 e. The van der Waals surface area contributed by atoms with Crippen LogP contribution in [0.1, 0.15) is 11.1 Å².